The maximum absolute atomic E-state index is 12.0. The Morgan fingerprint density at radius 2 is 2.12 bits per heavy atom. The normalized spacial score (nSPS) is 21.2. The van der Waals surface area contributed by atoms with Crippen molar-refractivity contribution in [2.24, 2.45) is 0 Å². The number of carbonyl (C=O) groups is 1. The molecule has 2 aliphatic heterocycles. The van der Waals surface area contributed by atoms with Crippen molar-refractivity contribution in [3.8, 4) is 11.6 Å². The molecule has 132 valence electrons. The molecule has 0 radical (unpaired) electrons. The second kappa shape index (κ2) is 7.24. The van der Waals surface area contributed by atoms with Crippen molar-refractivity contribution in [1.82, 2.24) is 30.3 Å². The molecule has 2 aromatic rings. The number of ether oxygens (including phenoxy) is 1. The van der Waals surface area contributed by atoms with Gasteiger partial charge in [-0.25, -0.2) is 9.97 Å². The predicted octanol–water partition coefficient (Wildman–Crippen LogP) is 0.221. The monoisotopic (exact) mass is 344 g/mol. The van der Waals surface area contributed by atoms with Crippen molar-refractivity contribution in [2.45, 2.75) is 24.9 Å². The summed E-state index contributed by atoms with van der Waals surface area (Å²) in [6.07, 6.45) is 5.55. The zero-order chi connectivity index (χ0) is 17.1. The van der Waals surface area contributed by atoms with Gasteiger partial charge in [-0.3, -0.25) is 9.69 Å². The molecule has 9 nitrogen and oxygen atoms in total. The van der Waals surface area contributed by atoms with Gasteiger partial charge in [0.15, 0.2) is 0 Å². The predicted molar refractivity (Wildman–Crippen MR) is 86.5 cm³/mol. The number of hydrogen-bond donors (Lipinski definition) is 1. The molecule has 1 N–H and O–H groups in total. The van der Waals surface area contributed by atoms with Gasteiger partial charge in [-0.1, -0.05) is 5.16 Å². The van der Waals surface area contributed by atoms with Gasteiger partial charge in [-0.15, -0.1) is 0 Å². The number of aromatic nitrogens is 4. The van der Waals surface area contributed by atoms with Crippen LogP contribution in [0.3, 0.4) is 0 Å². The topological polar surface area (TPSA) is 106 Å². The summed E-state index contributed by atoms with van der Waals surface area (Å²) in [4.78, 5) is 26.6. The van der Waals surface area contributed by atoms with Gasteiger partial charge < -0.3 is 14.6 Å². The number of hydrogen-bond acceptors (Lipinski definition) is 8. The van der Waals surface area contributed by atoms with Crippen molar-refractivity contribution < 1.29 is 14.1 Å². The van der Waals surface area contributed by atoms with Crippen molar-refractivity contribution in [3.63, 3.8) is 0 Å². The van der Waals surface area contributed by atoms with E-state index in [0.717, 1.165) is 32.5 Å². The number of amides is 1. The Bertz CT molecular complexity index is 710. The third-order valence-electron chi connectivity index (χ3n) is 4.43. The first kappa shape index (κ1) is 16.1. The summed E-state index contributed by atoms with van der Waals surface area (Å²) < 4.78 is 10.8. The molecule has 2 fully saturated rings. The summed E-state index contributed by atoms with van der Waals surface area (Å²) in [6.45, 7) is 3.23. The van der Waals surface area contributed by atoms with E-state index in [0.29, 0.717) is 30.6 Å². The van der Waals surface area contributed by atoms with Crippen LogP contribution >= 0.6 is 0 Å². The number of nitrogens with zero attached hydrogens (tertiary/aromatic N) is 5. The van der Waals surface area contributed by atoms with Crippen molar-refractivity contribution in [1.29, 1.82) is 0 Å². The van der Waals surface area contributed by atoms with Crippen LogP contribution in [0.4, 0.5) is 0 Å². The average Bonchev–Trinajstić information content (AvgIpc) is 3.28. The molecule has 0 spiro atoms. The highest BCUT2D eigenvalue weighted by molar-refractivity contribution is 5.78. The molecule has 4 rings (SSSR count). The second-order valence-corrected chi connectivity index (χ2v) is 6.36. The fourth-order valence-electron chi connectivity index (χ4n) is 3.05. The lowest BCUT2D eigenvalue weighted by Crippen LogP contribution is -2.50. The van der Waals surface area contributed by atoms with Gasteiger partial charge in [0, 0.05) is 38.6 Å². The summed E-state index contributed by atoms with van der Waals surface area (Å²) >= 11 is 0. The molecule has 25 heavy (non-hydrogen) atoms. The van der Waals surface area contributed by atoms with Gasteiger partial charge >= 0.3 is 0 Å². The standard InChI is InChI=1S/C16H20N6O3/c23-13(19-7-12-3-1-6-24-12)10-22-8-11(9-22)16-20-15(21-25-16)14-17-4-2-5-18-14/h2,4-5,11-12H,1,3,6-10H2,(H,19,23)/t12-/m1/s1. The van der Waals surface area contributed by atoms with E-state index in [9.17, 15) is 4.79 Å². The minimum Gasteiger partial charge on any atom is -0.376 e. The van der Waals surface area contributed by atoms with Crippen LogP contribution in [0.2, 0.25) is 0 Å². The molecule has 2 saturated heterocycles. The Labute approximate surface area is 144 Å². The van der Waals surface area contributed by atoms with Crippen LogP contribution in [0, 0.1) is 0 Å². The minimum atomic E-state index is 0.0258. The summed E-state index contributed by atoms with van der Waals surface area (Å²) in [5.41, 5.74) is 0. The van der Waals surface area contributed by atoms with E-state index in [1.807, 2.05) is 0 Å². The van der Waals surface area contributed by atoms with Gasteiger partial charge in [0.05, 0.1) is 18.6 Å². The number of rotatable bonds is 6. The Morgan fingerprint density at radius 3 is 2.88 bits per heavy atom. The molecule has 9 heteroatoms. The van der Waals surface area contributed by atoms with Gasteiger partial charge in [0.2, 0.25) is 23.4 Å². The summed E-state index contributed by atoms with van der Waals surface area (Å²) in [7, 11) is 0. The lowest BCUT2D eigenvalue weighted by molar-refractivity contribution is -0.123. The highest BCUT2D eigenvalue weighted by atomic mass is 16.5. The van der Waals surface area contributed by atoms with Crippen LogP contribution in [-0.2, 0) is 9.53 Å². The summed E-state index contributed by atoms with van der Waals surface area (Å²) in [5.74, 6) is 1.58. The van der Waals surface area contributed by atoms with E-state index in [-0.39, 0.29) is 17.9 Å². The first-order valence-corrected chi connectivity index (χ1v) is 8.49. The van der Waals surface area contributed by atoms with Gasteiger partial charge in [-0.05, 0) is 18.9 Å². The van der Waals surface area contributed by atoms with E-state index in [4.69, 9.17) is 9.26 Å². The van der Waals surface area contributed by atoms with Crippen LogP contribution in [-0.4, -0.2) is 69.8 Å². The first-order valence-electron chi connectivity index (χ1n) is 8.49. The Kier molecular flexibility index (Phi) is 4.66. The lowest BCUT2D eigenvalue weighted by Gasteiger charge is -2.36. The quantitative estimate of drug-likeness (QED) is 0.793. The van der Waals surface area contributed by atoms with E-state index in [1.165, 1.54) is 0 Å². The maximum atomic E-state index is 12.0. The van der Waals surface area contributed by atoms with Crippen molar-refractivity contribution in [3.05, 3.63) is 24.4 Å². The minimum absolute atomic E-state index is 0.0258. The highest BCUT2D eigenvalue weighted by Crippen LogP contribution is 2.26. The SMILES string of the molecule is O=C(CN1CC(c2nc(-c3ncccn3)no2)C1)NC[C@H]1CCCO1. The average molecular weight is 344 g/mol. The lowest BCUT2D eigenvalue weighted by atomic mass is 10.0. The summed E-state index contributed by atoms with van der Waals surface area (Å²) in [6, 6.07) is 1.73. The fourth-order valence-corrected chi connectivity index (χ4v) is 3.05. The van der Waals surface area contributed by atoms with Gasteiger partial charge in [-0.2, -0.15) is 4.98 Å². The molecule has 1 atom stereocenters. The molecule has 4 heterocycles. The maximum Gasteiger partial charge on any atom is 0.240 e. The van der Waals surface area contributed by atoms with E-state index >= 15 is 0 Å². The van der Waals surface area contributed by atoms with Crippen molar-refractivity contribution >= 4 is 5.91 Å². The summed E-state index contributed by atoms with van der Waals surface area (Å²) in [5, 5.41) is 6.86. The second-order valence-electron chi connectivity index (χ2n) is 6.36. The van der Waals surface area contributed by atoms with E-state index in [1.54, 1.807) is 18.5 Å². The van der Waals surface area contributed by atoms with Gasteiger partial charge in [0.1, 0.15) is 0 Å². The van der Waals surface area contributed by atoms with E-state index in [2.05, 4.69) is 30.3 Å². The molecule has 0 aromatic carbocycles. The van der Waals surface area contributed by atoms with Crippen LogP contribution in [0.15, 0.2) is 23.0 Å². The zero-order valence-corrected chi connectivity index (χ0v) is 13.8. The molecule has 1 amide bonds. The molecule has 0 aliphatic carbocycles. The third kappa shape index (κ3) is 3.83. The van der Waals surface area contributed by atoms with Crippen LogP contribution in [0.1, 0.15) is 24.7 Å². The molecular formula is C16H20N6O3. The molecule has 0 bridgehead atoms. The third-order valence-corrected chi connectivity index (χ3v) is 4.43. The number of carbonyl (C=O) groups excluding carboxylic acids is 1. The Balaban J connectivity index is 1.22. The van der Waals surface area contributed by atoms with Crippen LogP contribution in [0.5, 0.6) is 0 Å². The van der Waals surface area contributed by atoms with E-state index < -0.39 is 0 Å². The molecular weight excluding hydrogens is 324 g/mol. The molecule has 0 unspecified atom stereocenters. The largest absolute Gasteiger partial charge is 0.376 e. The molecule has 2 aromatic heterocycles. The molecule has 2 aliphatic rings. The van der Waals surface area contributed by atoms with Crippen LogP contribution in [0.25, 0.3) is 11.6 Å². The first-order chi connectivity index (χ1) is 12.3. The fraction of sp³-hybridized carbons (Fsp3) is 0.562. The zero-order valence-electron chi connectivity index (χ0n) is 13.8. The smallest absolute Gasteiger partial charge is 0.240 e. The van der Waals surface area contributed by atoms with Crippen LogP contribution < -0.4 is 5.32 Å². The Morgan fingerprint density at radius 1 is 1.28 bits per heavy atom. The Hall–Kier alpha value is -2.39. The van der Waals surface area contributed by atoms with Crippen molar-refractivity contribution in [2.75, 3.05) is 32.8 Å². The van der Waals surface area contributed by atoms with Gasteiger partial charge in [0.25, 0.3) is 0 Å². The highest BCUT2D eigenvalue weighted by Gasteiger charge is 2.34. The number of nitrogens with one attached hydrogen (secondary N) is 1. The number of likely N-dealkylation sites (tertiary alicyclic amines) is 1. The molecule has 0 saturated carbocycles.